The number of hydrogen-bond acceptors (Lipinski definition) is 4. The molecule has 0 unspecified atom stereocenters. The minimum atomic E-state index is -2.97. The van der Waals surface area contributed by atoms with Gasteiger partial charge in [0, 0.05) is 23.5 Å². The summed E-state index contributed by atoms with van der Waals surface area (Å²) in [4.78, 5) is 10.1. The first-order chi connectivity index (χ1) is 11.3. The monoisotopic (exact) mass is 373 g/mol. The molecule has 0 saturated heterocycles. The molecule has 24 heavy (non-hydrogen) atoms. The summed E-state index contributed by atoms with van der Waals surface area (Å²) in [5.41, 5.74) is 0.962. The van der Waals surface area contributed by atoms with E-state index in [0.29, 0.717) is 11.4 Å². The minimum Gasteiger partial charge on any atom is -0.433 e. The van der Waals surface area contributed by atoms with Crippen LogP contribution < -0.4 is 15.4 Å². The SMILES string of the molecule is O=[N+]([O-])c1ccc(NC(=S)Nc2ccc(OC(F)F)c(Cl)c2)cc1. The molecule has 6 nitrogen and oxygen atoms in total. The molecular weight excluding hydrogens is 364 g/mol. The first-order valence-electron chi connectivity index (χ1n) is 6.42. The number of nitro benzene ring substituents is 1. The summed E-state index contributed by atoms with van der Waals surface area (Å²) >= 11 is 10.9. The van der Waals surface area contributed by atoms with Gasteiger partial charge in [-0.25, -0.2) is 0 Å². The third-order valence-corrected chi connectivity index (χ3v) is 3.24. The number of nitrogens with one attached hydrogen (secondary N) is 2. The average Bonchev–Trinajstić information content (AvgIpc) is 2.50. The largest absolute Gasteiger partial charge is 0.433 e. The molecule has 0 amide bonds. The Labute approximate surface area is 145 Å². The minimum absolute atomic E-state index is 0.00145. The number of benzene rings is 2. The van der Waals surface area contributed by atoms with E-state index < -0.39 is 11.5 Å². The number of hydrogen-bond donors (Lipinski definition) is 2. The zero-order valence-electron chi connectivity index (χ0n) is 11.8. The third-order valence-electron chi connectivity index (χ3n) is 2.74. The average molecular weight is 374 g/mol. The smallest absolute Gasteiger partial charge is 0.387 e. The van der Waals surface area contributed by atoms with E-state index in [2.05, 4.69) is 15.4 Å². The van der Waals surface area contributed by atoms with E-state index in [9.17, 15) is 18.9 Å². The Morgan fingerprint density at radius 1 is 1.17 bits per heavy atom. The Balaban J connectivity index is 1.99. The van der Waals surface area contributed by atoms with Gasteiger partial charge in [0.1, 0.15) is 5.75 Å². The van der Waals surface area contributed by atoms with Crippen molar-refractivity contribution in [2.75, 3.05) is 10.6 Å². The molecule has 0 fully saturated rings. The molecule has 0 saturated carbocycles. The van der Waals surface area contributed by atoms with Crippen molar-refractivity contribution < 1.29 is 18.4 Å². The summed E-state index contributed by atoms with van der Waals surface area (Å²) in [6.45, 7) is -2.97. The maximum Gasteiger partial charge on any atom is 0.387 e. The van der Waals surface area contributed by atoms with Crippen molar-refractivity contribution in [1.29, 1.82) is 0 Å². The molecule has 0 spiro atoms. The number of ether oxygens (including phenoxy) is 1. The molecule has 10 heteroatoms. The van der Waals surface area contributed by atoms with Gasteiger partial charge in [0.15, 0.2) is 5.11 Å². The highest BCUT2D eigenvalue weighted by atomic mass is 35.5. The lowest BCUT2D eigenvalue weighted by Crippen LogP contribution is -2.19. The highest BCUT2D eigenvalue weighted by Gasteiger charge is 2.10. The molecular formula is C14H10ClF2N3O3S. The van der Waals surface area contributed by atoms with Crippen molar-refractivity contribution >= 4 is 46.0 Å². The number of non-ortho nitro benzene ring substituents is 1. The second-order valence-electron chi connectivity index (χ2n) is 4.41. The number of nitrogens with zero attached hydrogens (tertiary/aromatic N) is 1. The highest BCUT2D eigenvalue weighted by Crippen LogP contribution is 2.29. The molecule has 0 aliphatic carbocycles. The molecule has 0 radical (unpaired) electrons. The van der Waals surface area contributed by atoms with Crippen LogP contribution in [0.5, 0.6) is 5.75 Å². The summed E-state index contributed by atoms with van der Waals surface area (Å²) in [6, 6.07) is 9.79. The summed E-state index contributed by atoms with van der Waals surface area (Å²) in [6.07, 6.45) is 0. The number of halogens is 3. The van der Waals surface area contributed by atoms with E-state index >= 15 is 0 Å². The van der Waals surface area contributed by atoms with E-state index in [4.69, 9.17) is 23.8 Å². The fourth-order valence-corrected chi connectivity index (χ4v) is 2.19. The summed E-state index contributed by atoms with van der Waals surface area (Å²) in [7, 11) is 0. The van der Waals surface area contributed by atoms with Gasteiger partial charge in [-0.05, 0) is 42.5 Å². The zero-order chi connectivity index (χ0) is 17.7. The summed E-state index contributed by atoms with van der Waals surface area (Å²) in [5, 5.41) is 16.4. The van der Waals surface area contributed by atoms with Crippen LogP contribution in [-0.4, -0.2) is 16.6 Å². The van der Waals surface area contributed by atoms with Crippen LogP contribution >= 0.6 is 23.8 Å². The fourth-order valence-electron chi connectivity index (χ4n) is 1.73. The van der Waals surface area contributed by atoms with Crippen LogP contribution in [-0.2, 0) is 0 Å². The van der Waals surface area contributed by atoms with Crippen LogP contribution in [0.4, 0.5) is 25.8 Å². The standard InChI is InChI=1S/C14H10ClF2N3O3S/c15-11-7-9(3-6-12(11)23-13(16)17)19-14(24)18-8-1-4-10(5-2-8)20(21)22/h1-7,13H,(H2,18,19,24). The Kier molecular flexibility index (Phi) is 5.83. The molecule has 0 atom stereocenters. The first kappa shape index (κ1) is 17.8. The Bertz CT molecular complexity index is 759. The third kappa shape index (κ3) is 5.00. The fraction of sp³-hybridized carbons (Fsp3) is 0.0714. The van der Waals surface area contributed by atoms with E-state index in [1.165, 1.54) is 42.5 Å². The Morgan fingerprint density at radius 3 is 2.29 bits per heavy atom. The lowest BCUT2D eigenvalue weighted by molar-refractivity contribution is -0.384. The highest BCUT2D eigenvalue weighted by molar-refractivity contribution is 7.80. The number of thiocarbonyl (C=S) groups is 1. The molecule has 0 heterocycles. The van der Waals surface area contributed by atoms with Crippen molar-refractivity contribution in [2.45, 2.75) is 6.61 Å². The van der Waals surface area contributed by atoms with Crippen molar-refractivity contribution in [2.24, 2.45) is 0 Å². The normalized spacial score (nSPS) is 10.3. The maximum atomic E-state index is 12.2. The second-order valence-corrected chi connectivity index (χ2v) is 5.22. The quantitative estimate of drug-likeness (QED) is 0.451. The number of alkyl halides is 2. The molecule has 0 aromatic heterocycles. The van der Waals surface area contributed by atoms with Crippen LogP contribution in [0.3, 0.4) is 0 Å². The molecule has 0 aliphatic rings. The van der Waals surface area contributed by atoms with E-state index in [0.717, 1.165) is 0 Å². The van der Waals surface area contributed by atoms with Gasteiger partial charge in [0.05, 0.1) is 9.95 Å². The molecule has 126 valence electrons. The van der Waals surface area contributed by atoms with E-state index in [-0.39, 0.29) is 21.6 Å². The molecule has 0 bridgehead atoms. The van der Waals surface area contributed by atoms with Gasteiger partial charge in [-0.15, -0.1) is 0 Å². The maximum absolute atomic E-state index is 12.2. The molecule has 2 aromatic rings. The van der Waals surface area contributed by atoms with Crippen LogP contribution in [0.25, 0.3) is 0 Å². The van der Waals surface area contributed by atoms with Crippen molar-refractivity contribution in [1.82, 2.24) is 0 Å². The van der Waals surface area contributed by atoms with Crippen LogP contribution in [0.2, 0.25) is 5.02 Å². The van der Waals surface area contributed by atoms with Gasteiger partial charge in [0.2, 0.25) is 0 Å². The van der Waals surface area contributed by atoms with Crippen LogP contribution in [0, 0.1) is 10.1 Å². The van der Waals surface area contributed by atoms with Crippen molar-refractivity contribution in [3.63, 3.8) is 0 Å². The topological polar surface area (TPSA) is 76.4 Å². The van der Waals surface area contributed by atoms with Crippen molar-refractivity contribution in [3.8, 4) is 5.75 Å². The first-order valence-corrected chi connectivity index (χ1v) is 7.20. The molecule has 2 aromatic carbocycles. The number of nitro groups is 1. The van der Waals surface area contributed by atoms with Gasteiger partial charge in [0.25, 0.3) is 5.69 Å². The van der Waals surface area contributed by atoms with Crippen LogP contribution in [0.1, 0.15) is 0 Å². The van der Waals surface area contributed by atoms with E-state index in [1.54, 1.807) is 0 Å². The Morgan fingerprint density at radius 2 is 1.75 bits per heavy atom. The van der Waals surface area contributed by atoms with Crippen molar-refractivity contribution in [3.05, 3.63) is 57.6 Å². The van der Waals surface area contributed by atoms with Gasteiger partial charge < -0.3 is 15.4 Å². The predicted molar refractivity (Wildman–Crippen MR) is 91.0 cm³/mol. The summed E-state index contributed by atoms with van der Waals surface area (Å²) in [5.74, 6) is -0.147. The van der Waals surface area contributed by atoms with Gasteiger partial charge >= 0.3 is 6.61 Å². The molecule has 2 N–H and O–H groups in total. The van der Waals surface area contributed by atoms with Crippen LogP contribution in [0.15, 0.2) is 42.5 Å². The van der Waals surface area contributed by atoms with Gasteiger partial charge in [-0.2, -0.15) is 8.78 Å². The summed E-state index contributed by atoms with van der Waals surface area (Å²) < 4.78 is 28.6. The zero-order valence-corrected chi connectivity index (χ0v) is 13.4. The lowest BCUT2D eigenvalue weighted by atomic mass is 10.3. The number of anilines is 2. The lowest BCUT2D eigenvalue weighted by Gasteiger charge is -2.12. The second kappa shape index (κ2) is 7.84. The molecule has 0 aliphatic heterocycles. The van der Waals surface area contributed by atoms with Gasteiger partial charge in [-0.1, -0.05) is 11.6 Å². The van der Waals surface area contributed by atoms with Gasteiger partial charge in [-0.3, -0.25) is 10.1 Å². The Hall–Kier alpha value is -2.52. The molecule has 2 rings (SSSR count). The predicted octanol–water partition coefficient (Wildman–Crippen LogP) is 4.66. The van der Waals surface area contributed by atoms with E-state index in [1.807, 2.05) is 0 Å². The number of rotatable bonds is 5.